The fraction of sp³-hybridized carbons (Fsp3) is 0.357. The number of aromatic carboxylic acids is 1. The van der Waals surface area contributed by atoms with Crippen LogP contribution in [-0.4, -0.2) is 34.7 Å². The molecule has 2 N–H and O–H groups in total. The molecule has 0 unspecified atom stereocenters. The van der Waals surface area contributed by atoms with Crippen molar-refractivity contribution in [1.82, 2.24) is 0 Å². The fourth-order valence-electron chi connectivity index (χ4n) is 1.27. The van der Waals surface area contributed by atoms with Crippen LogP contribution in [-0.2, 0) is 9.53 Å². The first-order valence-electron chi connectivity index (χ1n) is 6.15. The van der Waals surface area contributed by atoms with Crippen molar-refractivity contribution in [1.29, 1.82) is 0 Å². The van der Waals surface area contributed by atoms with E-state index in [0.717, 1.165) is 6.42 Å². The normalized spacial score (nSPS) is 9.10. The highest BCUT2D eigenvalue weighted by Gasteiger charge is 2.15. The van der Waals surface area contributed by atoms with Crippen molar-refractivity contribution in [2.24, 2.45) is 0 Å². The van der Waals surface area contributed by atoms with Gasteiger partial charge in [0.1, 0.15) is 0 Å². The third kappa shape index (κ3) is 6.53. The molecule has 0 aromatic heterocycles. The number of hydrogen-bond donors (Lipinski definition) is 2. The second-order valence-electron chi connectivity index (χ2n) is 3.71. The minimum absolute atomic E-state index is 0.0362. The largest absolute Gasteiger partial charge is 0.481 e. The molecule has 0 amide bonds. The predicted octanol–water partition coefficient (Wildman–Crippen LogP) is 2.43. The van der Waals surface area contributed by atoms with Crippen molar-refractivity contribution in [2.75, 3.05) is 6.61 Å². The summed E-state index contributed by atoms with van der Waals surface area (Å²) in [6, 6.07) is 5.96. The number of esters is 1. The van der Waals surface area contributed by atoms with Gasteiger partial charge in [0, 0.05) is 6.42 Å². The first kappa shape index (κ1) is 17.6. The molecule has 20 heavy (non-hydrogen) atoms. The van der Waals surface area contributed by atoms with Crippen molar-refractivity contribution >= 4 is 17.9 Å². The number of carbonyl (C=O) groups excluding carboxylic acids is 1. The lowest BCUT2D eigenvalue weighted by molar-refractivity contribution is -0.137. The summed E-state index contributed by atoms with van der Waals surface area (Å²) in [5, 5.41) is 16.7. The van der Waals surface area contributed by atoms with E-state index in [1.165, 1.54) is 12.1 Å². The van der Waals surface area contributed by atoms with Gasteiger partial charge in [-0.05, 0) is 25.5 Å². The van der Waals surface area contributed by atoms with Gasteiger partial charge in [-0.15, -0.1) is 0 Å². The van der Waals surface area contributed by atoms with Gasteiger partial charge in [-0.1, -0.05) is 19.1 Å². The van der Waals surface area contributed by atoms with Crippen LogP contribution in [0.4, 0.5) is 0 Å². The van der Waals surface area contributed by atoms with E-state index in [4.69, 9.17) is 14.9 Å². The van der Waals surface area contributed by atoms with E-state index in [9.17, 15) is 14.4 Å². The van der Waals surface area contributed by atoms with Gasteiger partial charge in [-0.3, -0.25) is 4.79 Å². The van der Waals surface area contributed by atoms with E-state index < -0.39 is 17.9 Å². The van der Waals surface area contributed by atoms with Gasteiger partial charge >= 0.3 is 17.9 Å². The molecule has 0 saturated heterocycles. The van der Waals surface area contributed by atoms with Gasteiger partial charge in [0.15, 0.2) is 0 Å². The average Bonchev–Trinajstić information content (AvgIpc) is 2.39. The van der Waals surface area contributed by atoms with Gasteiger partial charge < -0.3 is 14.9 Å². The van der Waals surface area contributed by atoms with Crippen LogP contribution in [0.5, 0.6) is 0 Å². The fourth-order valence-corrected chi connectivity index (χ4v) is 1.27. The van der Waals surface area contributed by atoms with Crippen LogP contribution in [0.25, 0.3) is 0 Å². The zero-order chi connectivity index (χ0) is 15.5. The smallest absolute Gasteiger partial charge is 0.338 e. The number of carboxylic acid groups (broad SMARTS) is 2. The molecule has 0 bridgehead atoms. The van der Waals surface area contributed by atoms with Crippen molar-refractivity contribution in [3.05, 3.63) is 35.4 Å². The lowest BCUT2D eigenvalue weighted by Gasteiger charge is -2.04. The molecule has 6 nitrogen and oxygen atoms in total. The van der Waals surface area contributed by atoms with Crippen LogP contribution < -0.4 is 0 Å². The van der Waals surface area contributed by atoms with Crippen LogP contribution in [0.2, 0.25) is 0 Å². The van der Waals surface area contributed by atoms with Crippen molar-refractivity contribution in [3.8, 4) is 0 Å². The number of benzene rings is 1. The number of ether oxygens (including phenoxy) is 1. The SMILES string of the molecule is CCCC(=O)O.CCOC(=O)c1ccccc1C(=O)O. The highest BCUT2D eigenvalue weighted by molar-refractivity contribution is 6.02. The summed E-state index contributed by atoms with van der Waals surface area (Å²) in [6.45, 7) is 3.74. The van der Waals surface area contributed by atoms with E-state index in [2.05, 4.69) is 0 Å². The van der Waals surface area contributed by atoms with Gasteiger partial charge in [-0.25, -0.2) is 9.59 Å². The summed E-state index contributed by atoms with van der Waals surface area (Å²) in [7, 11) is 0. The number of carbonyl (C=O) groups is 3. The maximum Gasteiger partial charge on any atom is 0.338 e. The summed E-state index contributed by atoms with van der Waals surface area (Å²) < 4.78 is 4.72. The van der Waals surface area contributed by atoms with Crippen LogP contribution in [0, 0.1) is 0 Å². The van der Waals surface area contributed by atoms with Gasteiger partial charge in [0.05, 0.1) is 17.7 Å². The van der Waals surface area contributed by atoms with Crippen molar-refractivity contribution in [2.45, 2.75) is 26.7 Å². The Balaban J connectivity index is 0.000000511. The van der Waals surface area contributed by atoms with Crippen molar-refractivity contribution in [3.63, 3.8) is 0 Å². The molecular formula is C14H18O6. The summed E-state index contributed by atoms with van der Waals surface area (Å²) >= 11 is 0. The second-order valence-corrected chi connectivity index (χ2v) is 3.71. The minimum atomic E-state index is -1.13. The molecule has 1 aromatic carbocycles. The Morgan fingerprint density at radius 1 is 1.05 bits per heavy atom. The van der Waals surface area contributed by atoms with Gasteiger partial charge in [0.25, 0.3) is 0 Å². The molecule has 0 spiro atoms. The van der Waals surface area contributed by atoms with Gasteiger partial charge in [-0.2, -0.15) is 0 Å². The van der Waals surface area contributed by atoms with Crippen LogP contribution in [0.15, 0.2) is 24.3 Å². The zero-order valence-corrected chi connectivity index (χ0v) is 11.5. The van der Waals surface area contributed by atoms with Crippen molar-refractivity contribution < 1.29 is 29.3 Å². The summed E-state index contributed by atoms with van der Waals surface area (Å²) in [5.74, 6) is -2.45. The molecule has 0 atom stereocenters. The second kappa shape index (κ2) is 9.55. The Kier molecular flexibility index (Phi) is 8.41. The Morgan fingerprint density at radius 2 is 1.60 bits per heavy atom. The summed E-state index contributed by atoms with van der Waals surface area (Å²) in [5.41, 5.74) is 0.0489. The predicted molar refractivity (Wildman–Crippen MR) is 71.9 cm³/mol. The van der Waals surface area contributed by atoms with E-state index in [1.54, 1.807) is 19.1 Å². The third-order valence-corrected chi connectivity index (χ3v) is 2.12. The molecule has 1 rings (SSSR count). The molecule has 0 heterocycles. The quantitative estimate of drug-likeness (QED) is 0.804. The lowest BCUT2D eigenvalue weighted by Crippen LogP contribution is -2.11. The maximum atomic E-state index is 11.3. The van der Waals surface area contributed by atoms with Gasteiger partial charge in [0.2, 0.25) is 0 Å². The number of hydrogen-bond acceptors (Lipinski definition) is 4. The lowest BCUT2D eigenvalue weighted by atomic mass is 10.1. The Morgan fingerprint density at radius 3 is 1.95 bits per heavy atom. The topological polar surface area (TPSA) is 101 Å². The molecule has 0 aliphatic rings. The van der Waals surface area contributed by atoms with E-state index >= 15 is 0 Å². The third-order valence-electron chi connectivity index (χ3n) is 2.12. The highest BCUT2D eigenvalue weighted by atomic mass is 16.5. The average molecular weight is 282 g/mol. The standard InChI is InChI=1S/C10H10O4.C4H8O2/c1-2-14-10(13)8-6-4-3-5-7(8)9(11)12;1-2-3-4(5)6/h3-6H,2H2,1H3,(H,11,12);2-3H2,1H3,(H,5,6). The van der Waals surface area contributed by atoms with Crippen LogP contribution in [0.1, 0.15) is 47.4 Å². The molecule has 0 fully saturated rings. The Labute approximate surface area is 117 Å². The molecule has 0 saturated carbocycles. The van der Waals surface area contributed by atoms with E-state index in [1.807, 2.05) is 6.92 Å². The molecule has 0 aliphatic heterocycles. The molecule has 0 aliphatic carbocycles. The van der Waals surface area contributed by atoms with E-state index in [0.29, 0.717) is 6.42 Å². The maximum absolute atomic E-state index is 11.3. The molecular weight excluding hydrogens is 264 g/mol. The van der Waals surface area contributed by atoms with E-state index in [-0.39, 0.29) is 17.7 Å². The number of rotatable bonds is 5. The zero-order valence-electron chi connectivity index (χ0n) is 11.5. The molecule has 110 valence electrons. The molecule has 1 aromatic rings. The number of aliphatic carboxylic acids is 1. The minimum Gasteiger partial charge on any atom is -0.481 e. The summed E-state index contributed by atoms with van der Waals surface area (Å²) in [6.07, 6.45) is 1.02. The van der Waals surface area contributed by atoms with Crippen LogP contribution in [0.3, 0.4) is 0 Å². The first-order chi connectivity index (χ1) is 9.43. The first-order valence-corrected chi connectivity index (χ1v) is 6.15. The summed E-state index contributed by atoms with van der Waals surface area (Å²) in [4.78, 5) is 31.6. The van der Waals surface area contributed by atoms with Crippen LogP contribution >= 0.6 is 0 Å². The molecule has 6 heteroatoms. The highest BCUT2D eigenvalue weighted by Crippen LogP contribution is 2.09. The Bertz CT molecular complexity index is 466. The monoisotopic (exact) mass is 282 g/mol. The molecule has 0 radical (unpaired) electrons. The Hall–Kier alpha value is -2.37. The number of carboxylic acids is 2.